The highest BCUT2D eigenvalue weighted by Crippen LogP contribution is 2.11. The highest BCUT2D eigenvalue weighted by Gasteiger charge is 2.10. The van der Waals surface area contributed by atoms with E-state index in [2.05, 4.69) is 15.0 Å². The van der Waals surface area contributed by atoms with Crippen LogP contribution in [0.25, 0.3) is 0 Å². The Morgan fingerprint density at radius 3 is 2.72 bits per heavy atom. The summed E-state index contributed by atoms with van der Waals surface area (Å²) >= 11 is 1.51. The molecule has 0 radical (unpaired) electrons. The normalized spacial score (nSPS) is 12.2. The van der Waals surface area contributed by atoms with Crippen molar-refractivity contribution in [2.24, 2.45) is 0 Å². The molecule has 0 saturated carbocycles. The van der Waals surface area contributed by atoms with E-state index >= 15 is 0 Å². The van der Waals surface area contributed by atoms with Gasteiger partial charge in [0.15, 0.2) is 0 Å². The number of aromatic nitrogens is 1. The highest BCUT2D eigenvalue weighted by molar-refractivity contribution is 7.89. The van der Waals surface area contributed by atoms with Crippen LogP contribution in [0, 0.1) is 6.92 Å². The first-order valence-electron chi connectivity index (χ1n) is 6.01. The quantitative estimate of drug-likeness (QED) is 0.707. The Morgan fingerprint density at radius 1 is 1.44 bits per heavy atom. The van der Waals surface area contributed by atoms with E-state index in [1.807, 2.05) is 20.8 Å². The monoisotopic (exact) mass is 291 g/mol. The summed E-state index contributed by atoms with van der Waals surface area (Å²) < 4.78 is 26.0. The van der Waals surface area contributed by atoms with Gasteiger partial charge in [0.25, 0.3) is 0 Å². The highest BCUT2D eigenvalue weighted by atomic mass is 32.2. The van der Waals surface area contributed by atoms with Crippen LogP contribution in [0.3, 0.4) is 0 Å². The Kier molecular flexibility index (Phi) is 6.20. The van der Waals surface area contributed by atoms with Crippen molar-refractivity contribution >= 4 is 21.4 Å². The fourth-order valence-electron chi connectivity index (χ4n) is 1.39. The topological polar surface area (TPSA) is 71.1 Å². The SMILES string of the molecule is Cc1ncc(CNS(=O)(=O)CCCNC(C)C)s1. The van der Waals surface area contributed by atoms with Crippen LogP contribution < -0.4 is 10.0 Å². The summed E-state index contributed by atoms with van der Waals surface area (Å²) in [6.07, 6.45) is 2.33. The molecule has 0 amide bonds. The average Bonchev–Trinajstić information content (AvgIpc) is 2.68. The predicted molar refractivity (Wildman–Crippen MR) is 75.2 cm³/mol. The molecule has 0 spiro atoms. The van der Waals surface area contributed by atoms with E-state index in [1.54, 1.807) is 6.20 Å². The van der Waals surface area contributed by atoms with Gasteiger partial charge in [-0.15, -0.1) is 11.3 Å². The first-order chi connectivity index (χ1) is 8.39. The molecule has 0 saturated heterocycles. The third-order valence-electron chi connectivity index (χ3n) is 2.28. The third-order valence-corrected chi connectivity index (χ3v) is 4.60. The van der Waals surface area contributed by atoms with Crippen molar-refractivity contribution in [1.82, 2.24) is 15.0 Å². The smallest absolute Gasteiger partial charge is 0.211 e. The molecule has 1 aromatic rings. The van der Waals surface area contributed by atoms with Crippen molar-refractivity contribution in [3.63, 3.8) is 0 Å². The number of thiazole rings is 1. The van der Waals surface area contributed by atoms with Crippen molar-refractivity contribution in [3.8, 4) is 0 Å². The second-order valence-corrected chi connectivity index (χ2v) is 7.69. The van der Waals surface area contributed by atoms with Crippen LogP contribution >= 0.6 is 11.3 Å². The summed E-state index contributed by atoms with van der Waals surface area (Å²) in [4.78, 5) is 5.03. The van der Waals surface area contributed by atoms with Crippen molar-refractivity contribution in [2.45, 2.75) is 39.8 Å². The van der Waals surface area contributed by atoms with Gasteiger partial charge in [-0.1, -0.05) is 13.8 Å². The predicted octanol–water partition coefficient (Wildman–Crippen LogP) is 1.26. The van der Waals surface area contributed by atoms with Crippen LogP contribution in [0.5, 0.6) is 0 Å². The largest absolute Gasteiger partial charge is 0.314 e. The van der Waals surface area contributed by atoms with Crippen molar-refractivity contribution in [3.05, 3.63) is 16.1 Å². The molecule has 2 N–H and O–H groups in total. The standard InChI is InChI=1S/C11H21N3O2S2/c1-9(2)12-5-4-6-18(15,16)14-8-11-7-13-10(3)17-11/h7,9,12,14H,4-6,8H2,1-3H3. The molecule has 18 heavy (non-hydrogen) atoms. The van der Waals surface area contributed by atoms with Crippen molar-refractivity contribution < 1.29 is 8.42 Å². The Morgan fingerprint density at radius 2 is 2.17 bits per heavy atom. The first kappa shape index (κ1) is 15.6. The summed E-state index contributed by atoms with van der Waals surface area (Å²) in [6, 6.07) is 0.390. The van der Waals surface area contributed by atoms with Crippen LogP contribution in [0.15, 0.2) is 6.20 Å². The van der Waals surface area contributed by atoms with Gasteiger partial charge in [0.1, 0.15) is 0 Å². The van der Waals surface area contributed by atoms with E-state index in [1.165, 1.54) is 11.3 Å². The Labute approximate surface area is 113 Å². The fourth-order valence-corrected chi connectivity index (χ4v) is 3.26. The van der Waals surface area contributed by atoms with Gasteiger partial charge in [0.2, 0.25) is 10.0 Å². The van der Waals surface area contributed by atoms with Crippen LogP contribution in [-0.4, -0.2) is 31.7 Å². The lowest BCUT2D eigenvalue weighted by atomic mass is 10.4. The molecule has 0 aliphatic heterocycles. The Hall–Kier alpha value is -0.500. The second kappa shape index (κ2) is 7.18. The number of sulfonamides is 1. The van der Waals surface area contributed by atoms with Gasteiger partial charge in [0.05, 0.1) is 10.8 Å². The first-order valence-corrected chi connectivity index (χ1v) is 8.48. The van der Waals surface area contributed by atoms with E-state index in [0.717, 1.165) is 16.4 Å². The van der Waals surface area contributed by atoms with Gasteiger partial charge >= 0.3 is 0 Å². The van der Waals surface area contributed by atoms with Crippen molar-refractivity contribution in [1.29, 1.82) is 0 Å². The van der Waals surface area contributed by atoms with E-state index in [0.29, 0.717) is 19.0 Å². The maximum absolute atomic E-state index is 11.7. The van der Waals surface area contributed by atoms with Crippen LogP contribution in [0.1, 0.15) is 30.2 Å². The molecule has 0 aliphatic carbocycles. The molecule has 1 heterocycles. The summed E-state index contributed by atoms with van der Waals surface area (Å²) in [7, 11) is -3.18. The molecule has 0 aliphatic rings. The summed E-state index contributed by atoms with van der Waals surface area (Å²) in [6.45, 7) is 7.04. The lowest BCUT2D eigenvalue weighted by Gasteiger charge is -2.08. The van der Waals surface area contributed by atoms with E-state index in [-0.39, 0.29) is 5.75 Å². The van der Waals surface area contributed by atoms with Crippen LogP contribution in [0.2, 0.25) is 0 Å². The molecule has 0 fully saturated rings. The van der Waals surface area contributed by atoms with Gasteiger partial charge in [-0.05, 0) is 19.9 Å². The minimum atomic E-state index is -3.18. The van der Waals surface area contributed by atoms with E-state index in [4.69, 9.17) is 0 Å². The maximum atomic E-state index is 11.7. The minimum absolute atomic E-state index is 0.157. The van der Waals surface area contributed by atoms with Crippen molar-refractivity contribution in [2.75, 3.05) is 12.3 Å². The average molecular weight is 291 g/mol. The maximum Gasteiger partial charge on any atom is 0.211 e. The summed E-state index contributed by atoms with van der Waals surface area (Å²) in [5.41, 5.74) is 0. The number of rotatable bonds is 8. The molecular formula is C11H21N3O2S2. The molecule has 1 aromatic heterocycles. The van der Waals surface area contributed by atoms with Gasteiger partial charge < -0.3 is 5.32 Å². The van der Waals surface area contributed by atoms with E-state index < -0.39 is 10.0 Å². The molecular weight excluding hydrogens is 270 g/mol. The lowest BCUT2D eigenvalue weighted by molar-refractivity contribution is 0.561. The molecule has 0 unspecified atom stereocenters. The second-order valence-electron chi connectivity index (χ2n) is 4.45. The zero-order chi connectivity index (χ0) is 13.6. The molecule has 0 atom stereocenters. The summed E-state index contributed by atoms with van der Waals surface area (Å²) in [5, 5.41) is 4.14. The molecule has 7 heteroatoms. The van der Waals surface area contributed by atoms with Crippen LogP contribution in [-0.2, 0) is 16.6 Å². The zero-order valence-electron chi connectivity index (χ0n) is 11.1. The lowest BCUT2D eigenvalue weighted by Crippen LogP contribution is -2.29. The number of nitrogens with one attached hydrogen (secondary N) is 2. The van der Waals surface area contributed by atoms with E-state index in [9.17, 15) is 8.42 Å². The summed E-state index contributed by atoms with van der Waals surface area (Å²) in [5.74, 6) is 0.157. The Balaban J connectivity index is 2.27. The Bertz CT molecular complexity index is 455. The molecule has 5 nitrogen and oxygen atoms in total. The molecule has 0 bridgehead atoms. The molecule has 104 valence electrons. The zero-order valence-corrected chi connectivity index (χ0v) is 12.7. The van der Waals surface area contributed by atoms with Gasteiger partial charge in [-0.25, -0.2) is 18.1 Å². The number of nitrogens with zero attached hydrogens (tertiary/aromatic N) is 1. The molecule has 0 aromatic carbocycles. The van der Waals surface area contributed by atoms with Gasteiger partial charge in [-0.3, -0.25) is 0 Å². The number of aryl methyl sites for hydroxylation is 1. The number of hydrogen-bond acceptors (Lipinski definition) is 5. The minimum Gasteiger partial charge on any atom is -0.314 e. The molecule has 1 rings (SSSR count). The van der Waals surface area contributed by atoms with Gasteiger partial charge in [0, 0.05) is 23.7 Å². The van der Waals surface area contributed by atoms with Gasteiger partial charge in [-0.2, -0.15) is 0 Å². The third kappa shape index (κ3) is 6.44. The fraction of sp³-hybridized carbons (Fsp3) is 0.727. The van der Waals surface area contributed by atoms with Crippen LogP contribution in [0.4, 0.5) is 0 Å². The number of hydrogen-bond donors (Lipinski definition) is 2.